The largest absolute Gasteiger partial charge is 0.373 e. The highest BCUT2D eigenvalue weighted by molar-refractivity contribution is 5.98. The van der Waals surface area contributed by atoms with Crippen molar-refractivity contribution < 1.29 is 14.5 Å². The summed E-state index contributed by atoms with van der Waals surface area (Å²) in [6.45, 7) is 4.57. The van der Waals surface area contributed by atoms with Gasteiger partial charge >= 0.3 is 0 Å². The number of aromatic nitrogens is 1. The summed E-state index contributed by atoms with van der Waals surface area (Å²) in [7, 11) is 1.64. The summed E-state index contributed by atoms with van der Waals surface area (Å²) < 4.78 is 5.57. The molecule has 8 nitrogen and oxygen atoms in total. The van der Waals surface area contributed by atoms with Crippen LogP contribution in [0.25, 0.3) is 0 Å². The third-order valence-electron chi connectivity index (χ3n) is 3.27. The van der Waals surface area contributed by atoms with Crippen LogP contribution in [0.4, 0.5) is 11.5 Å². The Labute approximate surface area is 122 Å². The van der Waals surface area contributed by atoms with E-state index in [0.29, 0.717) is 18.9 Å². The summed E-state index contributed by atoms with van der Waals surface area (Å²) in [5.74, 6) is 0.0425. The lowest BCUT2D eigenvalue weighted by atomic mass is 10.1. The van der Waals surface area contributed by atoms with Gasteiger partial charge in [-0.25, -0.2) is 4.98 Å². The van der Waals surface area contributed by atoms with Gasteiger partial charge in [0, 0.05) is 26.2 Å². The molecule has 1 amide bonds. The summed E-state index contributed by atoms with van der Waals surface area (Å²) in [6.07, 6.45) is 0.913. The summed E-state index contributed by atoms with van der Waals surface area (Å²) in [5, 5.41) is 13.9. The van der Waals surface area contributed by atoms with E-state index in [9.17, 15) is 14.9 Å². The minimum atomic E-state index is -0.590. The molecule has 2 atom stereocenters. The van der Waals surface area contributed by atoms with Crippen LogP contribution >= 0.6 is 0 Å². The standard InChI is InChI=1S/C13H18N4O4/c1-8-6-16(7-9(2)21-8)13(18)10-4-12(14-3)15-5-11(10)17(19)20/h4-5,8-9H,6-7H2,1-3H3,(H,14,15). The van der Waals surface area contributed by atoms with Crippen LogP contribution in [-0.2, 0) is 4.74 Å². The second-order valence-electron chi connectivity index (χ2n) is 5.06. The molecule has 1 aromatic heterocycles. The van der Waals surface area contributed by atoms with Crippen molar-refractivity contribution in [3.05, 3.63) is 27.9 Å². The van der Waals surface area contributed by atoms with Gasteiger partial charge < -0.3 is 15.0 Å². The van der Waals surface area contributed by atoms with Crippen LogP contribution in [-0.4, -0.2) is 53.1 Å². The van der Waals surface area contributed by atoms with E-state index < -0.39 is 4.92 Å². The molecule has 1 saturated heterocycles. The van der Waals surface area contributed by atoms with E-state index in [4.69, 9.17) is 4.74 Å². The number of pyridine rings is 1. The summed E-state index contributed by atoms with van der Waals surface area (Å²) in [4.78, 5) is 28.6. The van der Waals surface area contributed by atoms with Crippen LogP contribution in [0.15, 0.2) is 12.3 Å². The van der Waals surface area contributed by atoms with Gasteiger partial charge in [0.25, 0.3) is 11.6 Å². The van der Waals surface area contributed by atoms with Crippen molar-refractivity contribution >= 4 is 17.4 Å². The highest BCUT2D eigenvalue weighted by Crippen LogP contribution is 2.23. The first-order valence-electron chi connectivity index (χ1n) is 6.69. The van der Waals surface area contributed by atoms with Crippen molar-refractivity contribution in [2.75, 3.05) is 25.5 Å². The topological polar surface area (TPSA) is 97.6 Å². The Bertz CT molecular complexity index is 553. The minimum Gasteiger partial charge on any atom is -0.373 e. The number of carbonyl (C=O) groups is 1. The van der Waals surface area contributed by atoms with Gasteiger partial charge in [-0.15, -0.1) is 0 Å². The Morgan fingerprint density at radius 1 is 1.48 bits per heavy atom. The molecule has 1 aromatic rings. The number of amides is 1. The molecule has 0 saturated carbocycles. The highest BCUT2D eigenvalue weighted by Gasteiger charge is 2.31. The summed E-state index contributed by atoms with van der Waals surface area (Å²) >= 11 is 0. The number of nitro groups is 1. The van der Waals surface area contributed by atoms with Crippen LogP contribution in [0.2, 0.25) is 0 Å². The monoisotopic (exact) mass is 294 g/mol. The van der Waals surface area contributed by atoms with Gasteiger partial charge in [-0.3, -0.25) is 14.9 Å². The van der Waals surface area contributed by atoms with Gasteiger partial charge in [0.1, 0.15) is 17.6 Å². The van der Waals surface area contributed by atoms with Crippen LogP contribution < -0.4 is 5.32 Å². The molecule has 2 unspecified atom stereocenters. The molecule has 1 aliphatic rings. The molecule has 1 aliphatic heterocycles. The number of anilines is 1. The number of hydrogen-bond acceptors (Lipinski definition) is 6. The van der Waals surface area contributed by atoms with Crippen LogP contribution in [0, 0.1) is 10.1 Å². The van der Waals surface area contributed by atoms with Crippen molar-refractivity contribution in [2.45, 2.75) is 26.1 Å². The predicted octanol–water partition coefficient (Wildman–Crippen LogP) is 1.28. The van der Waals surface area contributed by atoms with E-state index in [-0.39, 0.29) is 29.4 Å². The zero-order chi connectivity index (χ0) is 15.6. The van der Waals surface area contributed by atoms with E-state index in [0.717, 1.165) is 6.20 Å². The Balaban J connectivity index is 2.35. The first-order chi connectivity index (χ1) is 9.92. The molecule has 0 bridgehead atoms. The quantitative estimate of drug-likeness (QED) is 0.666. The molecular weight excluding hydrogens is 276 g/mol. The van der Waals surface area contributed by atoms with Gasteiger partial charge in [-0.2, -0.15) is 0 Å². The molecule has 0 spiro atoms. The second-order valence-corrected chi connectivity index (χ2v) is 5.06. The average Bonchev–Trinajstić information content (AvgIpc) is 2.44. The first-order valence-corrected chi connectivity index (χ1v) is 6.69. The van der Waals surface area contributed by atoms with E-state index in [1.54, 1.807) is 11.9 Å². The number of rotatable bonds is 3. The zero-order valence-electron chi connectivity index (χ0n) is 12.2. The van der Waals surface area contributed by atoms with Crippen molar-refractivity contribution in [3.63, 3.8) is 0 Å². The number of nitrogens with one attached hydrogen (secondary N) is 1. The van der Waals surface area contributed by atoms with Crippen LogP contribution in [0.3, 0.4) is 0 Å². The maximum Gasteiger partial charge on any atom is 0.300 e. The fourth-order valence-electron chi connectivity index (χ4n) is 2.42. The van der Waals surface area contributed by atoms with Crippen LogP contribution in [0.5, 0.6) is 0 Å². The lowest BCUT2D eigenvalue weighted by molar-refractivity contribution is -0.385. The third-order valence-corrected chi connectivity index (χ3v) is 3.27. The first kappa shape index (κ1) is 15.2. The van der Waals surface area contributed by atoms with Crippen molar-refractivity contribution in [2.24, 2.45) is 0 Å². The second kappa shape index (κ2) is 6.04. The third kappa shape index (κ3) is 3.27. The van der Waals surface area contributed by atoms with Gasteiger partial charge in [-0.05, 0) is 13.8 Å². The maximum absolute atomic E-state index is 12.6. The van der Waals surface area contributed by atoms with E-state index >= 15 is 0 Å². The number of hydrogen-bond donors (Lipinski definition) is 1. The van der Waals surface area contributed by atoms with E-state index in [2.05, 4.69) is 10.3 Å². The molecule has 8 heteroatoms. The lowest BCUT2D eigenvalue weighted by Gasteiger charge is -2.35. The Hall–Kier alpha value is -2.22. The van der Waals surface area contributed by atoms with Gasteiger partial charge in [0.05, 0.1) is 17.1 Å². The molecule has 0 aliphatic carbocycles. The molecule has 2 rings (SSSR count). The highest BCUT2D eigenvalue weighted by atomic mass is 16.6. The average molecular weight is 294 g/mol. The zero-order valence-corrected chi connectivity index (χ0v) is 12.2. The van der Waals surface area contributed by atoms with Crippen molar-refractivity contribution in [1.82, 2.24) is 9.88 Å². The summed E-state index contributed by atoms with van der Waals surface area (Å²) in [5.41, 5.74) is -0.244. The Kier molecular flexibility index (Phi) is 4.37. The smallest absolute Gasteiger partial charge is 0.300 e. The Morgan fingerprint density at radius 2 is 2.10 bits per heavy atom. The molecule has 0 aromatic carbocycles. The molecular formula is C13H18N4O4. The molecule has 1 N–H and O–H groups in total. The van der Waals surface area contributed by atoms with Gasteiger partial charge in [0.2, 0.25) is 0 Å². The van der Waals surface area contributed by atoms with Crippen molar-refractivity contribution in [3.8, 4) is 0 Å². The molecule has 1 fully saturated rings. The maximum atomic E-state index is 12.6. The van der Waals surface area contributed by atoms with Crippen LogP contribution in [0.1, 0.15) is 24.2 Å². The lowest BCUT2D eigenvalue weighted by Crippen LogP contribution is -2.48. The van der Waals surface area contributed by atoms with Crippen molar-refractivity contribution in [1.29, 1.82) is 0 Å². The van der Waals surface area contributed by atoms with Gasteiger partial charge in [0.15, 0.2) is 0 Å². The number of morpholine rings is 1. The molecule has 2 heterocycles. The summed E-state index contributed by atoms with van der Waals surface area (Å²) in [6, 6.07) is 1.41. The Morgan fingerprint density at radius 3 is 2.62 bits per heavy atom. The number of nitrogens with zero attached hydrogens (tertiary/aromatic N) is 3. The SMILES string of the molecule is CNc1cc(C(=O)N2CC(C)OC(C)C2)c([N+](=O)[O-])cn1. The van der Waals surface area contributed by atoms with Gasteiger partial charge in [-0.1, -0.05) is 0 Å². The minimum absolute atomic E-state index is 0.0423. The molecule has 114 valence electrons. The van der Waals surface area contributed by atoms with E-state index in [1.807, 2.05) is 13.8 Å². The molecule has 21 heavy (non-hydrogen) atoms. The fraction of sp³-hybridized carbons (Fsp3) is 0.538. The predicted molar refractivity (Wildman–Crippen MR) is 76.4 cm³/mol. The molecule has 0 radical (unpaired) electrons. The van der Waals surface area contributed by atoms with E-state index in [1.165, 1.54) is 6.07 Å². The number of ether oxygens (including phenoxy) is 1. The normalized spacial score (nSPS) is 22.0. The fourth-order valence-corrected chi connectivity index (χ4v) is 2.42. The number of carbonyl (C=O) groups excluding carboxylic acids is 1.